The number of hydrogen-bond acceptors (Lipinski definition) is 4. The maximum atomic E-state index is 12.6. The fourth-order valence-electron chi connectivity index (χ4n) is 2.66. The molecule has 1 fully saturated rings. The fraction of sp³-hybridized carbons (Fsp3) is 0.400. The molecule has 3 rings (SSSR count). The number of nitrogens with one attached hydrogen (secondary N) is 1. The van der Waals surface area contributed by atoms with E-state index in [9.17, 15) is 4.79 Å². The molecule has 1 atom stereocenters. The van der Waals surface area contributed by atoms with Gasteiger partial charge in [-0.25, -0.2) is 0 Å². The van der Waals surface area contributed by atoms with E-state index in [1.54, 1.807) is 0 Å². The van der Waals surface area contributed by atoms with Crippen molar-refractivity contribution in [3.05, 3.63) is 27.5 Å². The van der Waals surface area contributed by atoms with Crippen LogP contribution in [0.5, 0.6) is 0 Å². The van der Waals surface area contributed by atoms with Crippen LogP contribution in [0.3, 0.4) is 0 Å². The van der Waals surface area contributed by atoms with Gasteiger partial charge in [-0.05, 0) is 31.9 Å². The van der Waals surface area contributed by atoms with Crippen molar-refractivity contribution in [1.82, 2.24) is 5.32 Å². The molecular formula is C15H17BrN2O2S. The molecule has 4 nitrogen and oxygen atoms in total. The van der Waals surface area contributed by atoms with Gasteiger partial charge in [-0.3, -0.25) is 4.79 Å². The molecule has 21 heavy (non-hydrogen) atoms. The summed E-state index contributed by atoms with van der Waals surface area (Å²) in [6, 6.07) is 5.85. The third-order valence-electron chi connectivity index (χ3n) is 3.76. The van der Waals surface area contributed by atoms with Crippen LogP contribution < -0.4 is 11.1 Å². The van der Waals surface area contributed by atoms with Gasteiger partial charge in [0.25, 0.3) is 5.91 Å². The summed E-state index contributed by atoms with van der Waals surface area (Å²) in [5.74, 6) is -0.117. The monoisotopic (exact) mass is 368 g/mol. The average Bonchev–Trinajstić information content (AvgIpc) is 2.78. The molecule has 2 heterocycles. The summed E-state index contributed by atoms with van der Waals surface area (Å²) >= 11 is 4.92. The van der Waals surface area contributed by atoms with Crippen molar-refractivity contribution < 1.29 is 9.53 Å². The number of ether oxygens (including phenoxy) is 1. The van der Waals surface area contributed by atoms with Crippen molar-refractivity contribution in [2.45, 2.75) is 25.3 Å². The highest BCUT2D eigenvalue weighted by Crippen LogP contribution is 2.38. The van der Waals surface area contributed by atoms with Crippen molar-refractivity contribution in [3.8, 4) is 0 Å². The maximum Gasteiger partial charge on any atom is 0.264 e. The molecule has 2 aromatic rings. The van der Waals surface area contributed by atoms with Gasteiger partial charge in [-0.15, -0.1) is 11.3 Å². The second-order valence-corrected chi connectivity index (χ2v) is 7.54. The van der Waals surface area contributed by atoms with Crippen molar-refractivity contribution in [3.63, 3.8) is 0 Å². The van der Waals surface area contributed by atoms with Crippen LogP contribution in [0.15, 0.2) is 22.7 Å². The summed E-state index contributed by atoms with van der Waals surface area (Å²) in [5, 5.41) is 4.00. The smallest absolute Gasteiger partial charge is 0.264 e. The summed E-state index contributed by atoms with van der Waals surface area (Å²) < 4.78 is 7.41. The molecule has 0 aliphatic carbocycles. The molecule has 0 spiro atoms. The number of fused-ring (bicyclic) bond motifs is 1. The first-order valence-electron chi connectivity index (χ1n) is 6.87. The molecule has 3 N–H and O–H groups in total. The van der Waals surface area contributed by atoms with Crippen LogP contribution in [0, 0.1) is 0 Å². The molecule has 1 unspecified atom stereocenters. The van der Waals surface area contributed by atoms with Crippen LogP contribution in [0.4, 0.5) is 5.69 Å². The van der Waals surface area contributed by atoms with E-state index in [1.165, 1.54) is 11.3 Å². The quantitative estimate of drug-likeness (QED) is 0.851. The van der Waals surface area contributed by atoms with Gasteiger partial charge in [-0.1, -0.05) is 22.0 Å². The highest BCUT2D eigenvalue weighted by molar-refractivity contribution is 9.10. The third-order valence-corrected chi connectivity index (χ3v) is 5.59. The highest BCUT2D eigenvalue weighted by Gasteiger charge is 2.31. The van der Waals surface area contributed by atoms with Gasteiger partial charge >= 0.3 is 0 Å². The number of thiophene rings is 1. The van der Waals surface area contributed by atoms with Crippen LogP contribution in [0.25, 0.3) is 10.1 Å². The Hall–Kier alpha value is -1.11. The zero-order valence-electron chi connectivity index (χ0n) is 11.7. The van der Waals surface area contributed by atoms with Crippen LogP contribution in [0.1, 0.15) is 29.4 Å². The van der Waals surface area contributed by atoms with Gasteiger partial charge in [0, 0.05) is 21.2 Å². The van der Waals surface area contributed by atoms with Crippen LogP contribution in [-0.4, -0.2) is 24.7 Å². The zero-order valence-corrected chi connectivity index (χ0v) is 14.1. The van der Waals surface area contributed by atoms with Gasteiger partial charge < -0.3 is 15.8 Å². The number of carbonyl (C=O) groups excluding carboxylic acids is 1. The Balaban J connectivity index is 1.91. The standard InChI is InChI=1S/C15H17BrN2O2S/c1-15(6-3-7-20-8-15)18-14(19)13-12(17)11-9(16)4-2-5-10(11)21-13/h2,4-5H,3,6-8,17H2,1H3,(H,18,19). The molecule has 0 bridgehead atoms. The Kier molecular flexibility index (Phi) is 3.94. The van der Waals surface area contributed by atoms with Gasteiger partial charge in [0.15, 0.2) is 0 Å². The number of nitrogens with two attached hydrogens (primary N) is 1. The van der Waals surface area contributed by atoms with Crippen LogP contribution in [-0.2, 0) is 4.74 Å². The number of benzene rings is 1. The Morgan fingerprint density at radius 2 is 2.33 bits per heavy atom. The molecule has 6 heteroatoms. The van der Waals surface area contributed by atoms with Crippen LogP contribution >= 0.6 is 27.3 Å². The van der Waals surface area contributed by atoms with Gasteiger partial charge in [0.05, 0.1) is 17.8 Å². The number of rotatable bonds is 2. The van der Waals surface area contributed by atoms with E-state index in [-0.39, 0.29) is 11.4 Å². The number of carbonyl (C=O) groups is 1. The molecule has 1 aromatic heterocycles. The van der Waals surface area contributed by atoms with E-state index < -0.39 is 0 Å². The van der Waals surface area contributed by atoms with Gasteiger partial charge in [0.1, 0.15) is 4.88 Å². The summed E-state index contributed by atoms with van der Waals surface area (Å²) in [7, 11) is 0. The molecule has 1 amide bonds. The average molecular weight is 369 g/mol. The molecule has 0 radical (unpaired) electrons. The molecule has 1 aliphatic heterocycles. The lowest BCUT2D eigenvalue weighted by Crippen LogP contribution is -2.51. The lowest BCUT2D eigenvalue weighted by molar-refractivity contribution is 0.0274. The van der Waals surface area contributed by atoms with Crippen molar-refractivity contribution >= 4 is 48.9 Å². The molecule has 112 valence electrons. The van der Waals surface area contributed by atoms with Crippen molar-refractivity contribution in [2.24, 2.45) is 0 Å². The Labute approximate surface area is 135 Å². The second-order valence-electron chi connectivity index (χ2n) is 5.63. The lowest BCUT2D eigenvalue weighted by Gasteiger charge is -2.34. The van der Waals surface area contributed by atoms with E-state index >= 15 is 0 Å². The van der Waals surface area contributed by atoms with Crippen molar-refractivity contribution in [2.75, 3.05) is 18.9 Å². The second kappa shape index (κ2) is 5.59. The number of nitrogen functional groups attached to an aromatic ring is 1. The van der Waals surface area contributed by atoms with E-state index in [2.05, 4.69) is 21.2 Å². The minimum Gasteiger partial charge on any atom is -0.397 e. The van der Waals surface area contributed by atoms with E-state index in [0.717, 1.165) is 34.0 Å². The minimum atomic E-state index is -0.310. The highest BCUT2D eigenvalue weighted by atomic mass is 79.9. The topological polar surface area (TPSA) is 64.4 Å². The molecule has 1 aliphatic rings. The number of halogens is 1. The number of amides is 1. The van der Waals surface area contributed by atoms with E-state index in [4.69, 9.17) is 10.5 Å². The summed E-state index contributed by atoms with van der Waals surface area (Å²) in [5.41, 5.74) is 6.41. The van der Waals surface area contributed by atoms with Crippen LogP contribution in [0.2, 0.25) is 0 Å². The van der Waals surface area contributed by atoms with E-state index in [0.29, 0.717) is 17.2 Å². The maximum absolute atomic E-state index is 12.6. The minimum absolute atomic E-state index is 0.117. The summed E-state index contributed by atoms with van der Waals surface area (Å²) in [4.78, 5) is 13.1. The molecule has 0 saturated carbocycles. The molecule has 1 saturated heterocycles. The molecular weight excluding hydrogens is 352 g/mol. The summed E-state index contributed by atoms with van der Waals surface area (Å²) in [6.45, 7) is 3.33. The third kappa shape index (κ3) is 2.80. The van der Waals surface area contributed by atoms with Gasteiger partial charge in [0.2, 0.25) is 0 Å². The zero-order chi connectivity index (χ0) is 15.0. The Bertz CT molecular complexity index is 692. The fourth-order valence-corrected chi connectivity index (χ4v) is 4.42. The number of anilines is 1. The SMILES string of the molecule is CC1(NC(=O)c2sc3cccc(Br)c3c2N)CCCOC1. The largest absolute Gasteiger partial charge is 0.397 e. The van der Waals surface area contributed by atoms with Gasteiger partial charge in [-0.2, -0.15) is 0 Å². The molecule has 1 aromatic carbocycles. The first kappa shape index (κ1) is 14.8. The first-order chi connectivity index (χ1) is 10.0. The van der Waals surface area contributed by atoms with Crippen molar-refractivity contribution in [1.29, 1.82) is 0 Å². The lowest BCUT2D eigenvalue weighted by atomic mass is 9.95. The Morgan fingerprint density at radius 3 is 3.00 bits per heavy atom. The first-order valence-corrected chi connectivity index (χ1v) is 8.48. The predicted octanol–water partition coefficient (Wildman–Crippen LogP) is 3.54. The number of hydrogen-bond donors (Lipinski definition) is 2. The predicted molar refractivity (Wildman–Crippen MR) is 89.9 cm³/mol. The Morgan fingerprint density at radius 1 is 1.52 bits per heavy atom. The summed E-state index contributed by atoms with van der Waals surface area (Å²) in [6.07, 6.45) is 1.89. The normalized spacial score (nSPS) is 22.4. The van der Waals surface area contributed by atoms with E-state index in [1.807, 2.05) is 25.1 Å².